The SMILES string of the molecule is CCCCCCCCCCC(CCCC)(CCCC)C(=O)[O-]. The van der Waals surface area contributed by atoms with Crippen LogP contribution in [0.1, 0.15) is 117 Å². The standard InChI is InChI=1S/C20H40O2/c1-4-7-10-11-12-13-14-15-18-20(19(21)22,16-8-5-2)17-9-6-3/h4-18H2,1-3H3,(H,21,22)/p-1. The highest BCUT2D eigenvalue weighted by atomic mass is 16.4. The van der Waals surface area contributed by atoms with Gasteiger partial charge in [0.25, 0.3) is 0 Å². The van der Waals surface area contributed by atoms with E-state index >= 15 is 0 Å². The zero-order valence-corrected chi connectivity index (χ0v) is 15.4. The second-order valence-corrected chi connectivity index (χ2v) is 7.00. The molecule has 0 aliphatic carbocycles. The molecular weight excluding hydrogens is 272 g/mol. The third-order valence-electron chi connectivity index (χ3n) is 4.96. The molecule has 0 heterocycles. The third kappa shape index (κ3) is 9.48. The molecule has 2 heteroatoms. The lowest BCUT2D eigenvalue weighted by Gasteiger charge is -2.35. The summed E-state index contributed by atoms with van der Waals surface area (Å²) in [5.41, 5.74) is -0.547. The molecule has 0 saturated heterocycles. The maximum absolute atomic E-state index is 11.8. The van der Waals surface area contributed by atoms with Crippen molar-refractivity contribution in [2.24, 2.45) is 5.41 Å². The highest BCUT2D eigenvalue weighted by molar-refractivity contribution is 5.72. The predicted molar refractivity (Wildman–Crippen MR) is 93.7 cm³/mol. The largest absolute Gasteiger partial charge is 0.550 e. The maximum atomic E-state index is 11.8. The first-order chi connectivity index (χ1) is 10.6. The van der Waals surface area contributed by atoms with Gasteiger partial charge in [0.2, 0.25) is 0 Å². The number of hydrogen-bond donors (Lipinski definition) is 0. The van der Waals surface area contributed by atoms with Crippen molar-refractivity contribution < 1.29 is 9.90 Å². The number of carbonyl (C=O) groups is 1. The van der Waals surface area contributed by atoms with E-state index in [0.29, 0.717) is 0 Å². The van der Waals surface area contributed by atoms with Crippen molar-refractivity contribution >= 4 is 5.97 Å². The lowest BCUT2D eigenvalue weighted by molar-refractivity contribution is -0.320. The monoisotopic (exact) mass is 311 g/mol. The summed E-state index contributed by atoms with van der Waals surface area (Å²) in [4.78, 5) is 11.8. The highest BCUT2D eigenvalue weighted by Crippen LogP contribution is 2.36. The third-order valence-corrected chi connectivity index (χ3v) is 4.96. The molecule has 0 atom stereocenters. The van der Waals surface area contributed by atoms with Crippen LogP contribution in [-0.2, 0) is 4.79 Å². The Morgan fingerprint density at radius 3 is 1.41 bits per heavy atom. The summed E-state index contributed by atoms with van der Waals surface area (Å²) in [5.74, 6) is -0.794. The van der Waals surface area contributed by atoms with E-state index in [4.69, 9.17) is 0 Å². The molecular formula is C20H39O2-. The van der Waals surface area contributed by atoms with Gasteiger partial charge >= 0.3 is 0 Å². The van der Waals surface area contributed by atoms with Crippen LogP contribution in [0.3, 0.4) is 0 Å². The van der Waals surface area contributed by atoms with Crippen molar-refractivity contribution in [2.75, 3.05) is 0 Å². The smallest absolute Gasteiger partial charge is 0.0476 e. The predicted octanol–water partition coefficient (Wildman–Crippen LogP) is 5.63. The summed E-state index contributed by atoms with van der Waals surface area (Å²) in [7, 11) is 0. The van der Waals surface area contributed by atoms with Gasteiger partial charge in [-0.25, -0.2) is 0 Å². The van der Waals surface area contributed by atoms with Crippen LogP contribution in [0.4, 0.5) is 0 Å². The number of unbranched alkanes of at least 4 members (excludes halogenated alkanes) is 9. The summed E-state index contributed by atoms with van der Waals surface area (Å²) in [6.07, 6.45) is 16.7. The van der Waals surface area contributed by atoms with E-state index in [0.717, 1.165) is 51.4 Å². The van der Waals surface area contributed by atoms with Gasteiger partial charge in [0.15, 0.2) is 0 Å². The van der Waals surface area contributed by atoms with E-state index in [2.05, 4.69) is 20.8 Å². The highest BCUT2D eigenvalue weighted by Gasteiger charge is 2.29. The first-order valence-electron chi connectivity index (χ1n) is 9.84. The van der Waals surface area contributed by atoms with Crippen LogP contribution in [0.5, 0.6) is 0 Å². The van der Waals surface area contributed by atoms with E-state index < -0.39 is 11.4 Å². The molecule has 0 amide bonds. The molecule has 22 heavy (non-hydrogen) atoms. The number of carboxylic acid groups (broad SMARTS) is 1. The van der Waals surface area contributed by atoms with E-state index in [1.54, 1.807) is 0 Å². The Morgan fingerprint density at radius 2 is 1.00 bits per heavy atom. The minimum Gasteiger partial charge on any atom is -0.550 e. The Balaban J connectivity index is 4.13. The van der Waals surface area contributed by atoms with E-state index in [1.165, 1.54) is 44.9 Å². The van der Waals surface area contributed by atoms with Crippen LogP contribution in [0.25, 0.3) is 0 Å². The molecule has 2 nitrogen and oxygen atoms in total. The molecule has 0 N–H and O–H groups in total. The molecule has 0 fully saturated rings. The minimum absolute atomic E-state index is 0.547. The number of rotatable bonds is 16. The Morgan fingerprint density at radius 1 is 0.636 bits per heavy atom. The molecule has 0 saturated carbocycles. The second kappa shape index (κ2) is 14.1. The van der Waals surface area contributed by atoms with E-state index in [1.807, 2.05) is 0 Å². The van der Waals surface area contributed by atoms with Gasteiger partial charge in [-0.15, -0.1) is 0 Å². The van der Waals surface area contributed by atoms with Gasteiger partial charge in [0.1, 0.15) is 0 Å². The zero-order valence-electron chi connectivity index (χ0n) is 15.4. The van der Waals surface area contributed by atoms with Crippen LogP contribution in [0.15, 0.2) is 0 Å². The summed E-state index contributed by atoms with van der Waals surface area (Å²) in [6, 6.07) is 0. The fourth-order valence-electron chi connectivity index (χ4n) is 3.31. The fourth-order valence-corrected chi connectivity index (χ4v) is 3.31. The van der Waals surface area contributed by atoms with Crippen molar-refractivity contribution in [3.8, 4) is 0 Å². The van der Waals surface area contributed by atoms with E-state index in [9.17, 15) is 9.90 Å². The second-order valence-electron chi connectivity index (χ2n) is 7.00. The van der Waals surface area contributed by atoms with Gasteiger partial charge in [-0.05, 0) is 19.3 Å². The van der Waals surface area contributed by atoms with Crippen LogP contribution in [0, 0.1) is 5.41 Å². The Kier molecular flexibility index (Phi) is 13.7. The lowest BCUT2D eigenvalue weighted by Crippen LogP contribution is -2.42. The van der Waals surface area contributed by atoms with Crippen molar-refractivity contribution in [3.63, 3.8) is 0 Å². The summed E-state index contributed by atoms with van der Waals surface area (Å²) in [6.45, 7) is 6.51. The summed E-state index contributed by atoms with van der Waals surface area (Å²) in [5, 5.41) is 11.8. The molecule has 0 rings (SSSR count). The molecule has 0 aliphatic heterocycles. The summed E-state index contributed by atoms with van der Waals surface area (Å²) < 4.78 is 0. The first kappa shape index (κ1) is 21.5. The minimum atomic E-state index is -0.794. The molecule has 0 aliphatic rings. The Bertz CT molecular complexity index is 252. The normalized spacial score (nSPS) is 11.8. The number of carboxylic acids is 1. The fraction of sp³-hybridized carbons (Fsp3) is 0.950. The van der Waals surface area contributed by atoms with Crippen LogP contribution in [-0.4, -0.2) is 5.97 Å². The average Bonchev–Trinajstić information content (AvgIpc) is 2.51. The molecule has 0 aromatic heterocycles. The quantitative estimate of drug-likeness (QED) is 0.346. The van der Waals surface area contributed by atoms with Crippen molar-refractivity contribution in [3.05, 3.63) is 0 Å². The molecule has 132 valence electrons. The molecule has 0 aromatic rings. The van der Waals surface area contributed by atoms with Crippen LogP contribution >= 0.6 is 0 Å². The molecule has 0 bridgehead atoms. The number of hydrogen-bond acceptors (Lipinski definition) is 2. The Hall–Kier alpha value is -0.530. The van der Waals surface area contributed by atoms with Crippen LogP contribution in [0.2, 0.25) is 0 Å². The van der Waals surface area contributed by atoms with Gasteiger partial charge in [-0.3, -0.25) is 0 Å². The molecule has 0 spiro atoms. The lowest BCUT2D eigenvalue weighted by atomic mass is 9.74. The topological polar surface area (TPSA) is 40.1 Å². The van der Waals surface area contributed by atoms with Gasteiger partial charge in [-0.1, -0.05) is 97.8 Å². The van der Waals surface area contributed by atoms with Gasteiger partial charge < -0.3 is 9.90 Å². The number of carbonyl (C=O) groups excluding carboxylic acids is 1. The zero-order chi connectivity index (χ0) is 16.7. The van der Waals surface area contributed by atoms with Crippen molar-refractivity contribution in [2.45, 2.75) is 117 Å². The maximum Gasteiger partial charge on any atom is 0.0476 e. The van der Waals surface area contributed by atoms with Crippen LogP contribution < -0.4 is 5.11 Å². The molecule has 0 aromatic carbocycles. The first-order valence-corrected chi connectivity index (χ1v) is 9.84. The average molecular weight is 312 g/mol. The van der Waals surface area contributed by atoms with Gasteiger partial charge in [-0.2, -0.15) is 0 Å². The van der Waals surface area contributed by atoms with Gasteiger partial charge in [0.05, 0.1) is 0 Å². The van der Waals surface area contributed by atoms with Crippen molar-refractivity contribution in [1.82, 2.24) is 0 Å². The molecule has 0 radical (unpaired) electrons. The van der Waals surface area contributed by atoms with E-state index in [-0.39, 0.29) is 0 Å². The number of aliphatic carboxylic acids is 1. The van der Waals surface area contributed by atoms with Gasteiger partial charge in [0, 0.05) is 11.4 Å². The molecule has 0 unspecified atom stereocenters. The Labute approximate surface area is 139 Å². The van der Waals surface area contributed by atoms with Crippen molar-refractivity contribution in [1.29, 1.82) is 0 Å². The summed E-state index contributed by atoms with van der Waals surface area (Å²) >= 11 is 0.